The van der Waals surface area contributed by atoms with Crippen molar-refractivity contribution >= 4 is 34.9 Å². The van der Waals surface area contributed by atoms with Crippen LogP contribution in [-0.4, -0.2) is 53.3 Å². The molecule has 0 N–H and O–H groups in total. The molecule has 1 saturated heterocycles. The van der Waals surface area contributed by atoms with Crippen molar-refractivity contribution in [1.29, 1.82) is 0 Å². The molecule has 3 aliphatic heterocycles. The lowest BCUT2D eigenvalue weighted by Crippen LogP contribution is -2.44. The largest absolute Gasteiger partial charge is 0.493 e. The molecule has 0 unspecified atom stereocenters. The number of benzene rings is 2. The molecule has 0 spiro atoms. The van der Waals surface area contributed by atoms with E-state index in [0.29, 0.717) is 42.5 Å². The molecule has 3 amide bonds. The molecule has 1 fully saturated rings. The van der Waals surface area contributed by atoms with Crippen molar-refractivity contribution in [2.45, 2.75) is 19.9 Å². The van der Waals surface area contributed by atoms with Crippen LogP contribution >= 0.6 is 11.8 Å². The molecule has 0 bridgehead atoms. The lowest BCUT2D eigenvalue weighted by atomic mass is 10.00. The quantitative estimate of drug-likeness (QED) is 0.624. The van der Waals surface area contributed by atoms with Gasteiger partial charge in [-0.25, -0.2) is 0 Å². The minimum absolute atomic E-state index is 0.115. The Kier molecular flexibility index (Phi) is 5.72. The Labute approximate surface area is 195 Å². The fourth-order valence-corrected chi connectivity index (χ4v) is 4.88. The van der Waals surface area contributed by atoms with Crippen LogP contribution < -0.4 is 14.2 Å². The lowest BCUT2D eigenvalue weighted by Gasteiger charge is -2.29. The summed E-state index contributed by atoms with van der Waals surface area (Å²) in [6, 6.07) is 11.4. The number of rotatable bonds is 5. The van der Waals surface area contributed by atoms with Crippen molar-refractivity contribution in [2.75, 3.05) is 26.5 Å². The van der Waals surface area contributed by atoms with Gasteiger partial charge in [-0.3, -0.25) is 19.3 Å². The minimum atomic E-state index is -0.490. The second-order valence-electron chi connectivity index (χ2n) is 7.78. The van der Waals surface area contributed by atoms with Gasteiger partial charge >= 0.3 is 0 Å². The first kappa shape index (κ1) is 21.4. The Morgan fingerprint density at radius 3 is 2.70 bits per heavy atom. The predicted octanol–water partition coefficient (Wildman–Crippen LogP) is 3.44. The highest BCUT2D eigenvalue weighted by Crippen LogP contribution is 2.41. The summed E-state index contributed by atoms with van der Waals surface area (Å²) in [7, 11) is 0. The third kappa shape index (κ3) is 4.16. The Balaban J connectivity index is 1.33. The summed E-state index contributed by atoms with van der Waals surface area (Å²) >= 11 is 0.814. The second-order valence-corrected chi connectivity index (χ2v) is 8.77. The van der Waals surface area contributed by atoms with Crippen LogP contribution in [0.2, 0.25) is 0 Å². The number of carbonyl (C=O) groups excluding carboxylic acids is 3. The average molecular weight is 467 g/mol. The van der Waals surface area contributed by atoms with E-state index in [9.17, 15) is 14.4 Å². The third-order valence-corrected chi connectivity index (χ3v) is 6.65. The molecule has 2 aromatic carbocycles. The number of hydrogen-bond donors (Lipinski definition) is 0. The molecule has 9 heteroatoms. The maximum Gasteiger partial charge on any atom is 0.294 e. The van der Waals surface area contributed by atoms with E-state index in [4.69, 9.17) is 14.2 Å². The van der Waals surface area contributed by atoms with E-state index in [2.05, 4.69) is 6.07 Å². The molecule has 0 aliphatic carbocycles. The highest BCUT2D eigenvalue weighted by atomic mass is 32.2. The Hall–Kier alpha value is -3.46. The molecule has 0 saturated carbocycles. The second kappa shape index (κ2) is 8.82. The molecule has 0 atom stereocenters. The van der Waals surface area contributed by atoms with Crippen molar-refractivity contribution in [2.24, 2.45) is 0 Å². The van der Waals surface area contributed by atoms with Gasteiger partial charge in [-0.15, -0.1) is 0 Å². The molecule has 2 aromatic rings. The van der Waals surface area contributed by atoms with Crippen LogP contribution in [-0.2, 0) is 22.6 Å². The Bertz CT molecular complexity index is 1180. The van der Waals surface area contributed by atoms with Gasteiger partial charge in [0.25, 0.3) is 11.1 Å². The van der Waals surface area contributed by atoms with Gasteiger partial charge in [0.2, 0.25) is 12.7 Å². The van der Waals surface area contributed by atoms with Crippen LogP contribution in [0.1, 0.15) is 23.6 Å². The van der Waals surface area contributed by atoms with E-state index in [1.165, 1.54) is 5.56 Å². The van der Waals surface area contributed by atoms with Crippen LogP contribution in [0.3, 0.4) is 0 Å². The topological polar surface area (TPSA) is 85.4 Å². The van der Waals surface area contributed by atoms with Gasteiger partial charge in [0, 0.05) is 24.7 Å². The fourth-order valence-electron chi connectivity index (χ4n) is 4.05. The first-order chi connectivity index (χ1) is 16.0. The number of imide groups is 1. The smallest absolute Gasteiger partial charge is 0.294 e. The molecule has 3 heterocycles. The first-order valence-corrected chi connectivity index (χ1v) is 11.5. The standard InChI is InChI=1S/C24H22N2O6S/c1-2-30-18-11-20-19(31-14-32-20)9-17(18)10-21-23(28)26(24(29)33-21)13-22(27)25-8-7-15-5-3-4-6-16(15)12-25/h3-6,9-11H,2,7-8,12-14H2,1H3. The normalized spacial score (nSPS) is 18.2. The number of hydrogen-bond acceptors (Lipinski definition) is 7. The van der Waals surface area contributed by atoms with E-state index in [1.54, 1.807) is 23.1 Å². The number of carbonyl (C=O) groups is 3. The van der Waals surface area contributed by atoms with Crippen molar-refractivity contribution in [3.63, 3.8) is 0 Å². The van der Waals surface area contributed by atoms with Crippen LogP contribution in [0, 0.1) is 0 Å². The number of fused-ring (bicyclic) bond motifs is 2. The number of thioether (sulfide) groups is 1. The summed E-state index contributed by atoms with van der Waals surface area (Å²) in [4.78, 5) is 41.4. The van der Waals surface area contributed by atoms with Gasteiger partial charge < -0.3 is 19.1 Å². The van der Waals surface area contributed by atoms with Crippen molar-refractivity contribution in [3.8, 4) is 17.2 Å². The van der Waals surface area contributed by atoms with Crippen LogP contribution in [0.5, 0.6) is 17.2 Å². The molecular weight excluding hydrogens is 444 g/mol. The molecular formula is C24H22N2O6S. The van der Waals surface area contributed by atoms with Gasteiger partial charge in [0.05, 0.1) is 11.5 Å². The van der Waals surface area contributed by atoms with E-state index < -0.39 is 11.1 Å². The molecule has 0 aromatic heterocycles. The van der Waals surface area contributed by atoms with Gasteiger partial charge in [0.1, 0.15) is 12.3 Å². The first-order valence-electron chi connectivity index (χ1n) is 10.7. The molecule has 8 nitrogen and oxygen atoms in total. The van der Waals surface area contributed by atoms with Crippen LogP contribution in [0.25, 0.3) is 6.08 Å². The minimum Gasteiger partial charge on any atom is -0.493 e. The summed E-state index contributed by atoms with van der Waals surface area (Å²) < 4.78 is 16.5. The number of amides is 3. The molecule has 33 heavy (non-hydrogen) atoms. The Morgan fingerprint density at radius 2 is 1.91 bits per heavy atom. The number of ether oxygens (including phenoxy) is 3. The average Bonchev–Trinajstić information content (AvgIpc) is 3.38. The van der Waals surface area contributed by atoms with Crippen molar-refractivity contribution in [1.82, 2.24) is 9.80 Å². The van der Waals surface area contributed by atoms with Crippen LogP contribution in [0.15, 0.2) is 41.3 Å². The van der Waals surface area contributed by atoms with E-state index in [-0.39, 0.29) is 24.2 Å². The van der Waals surface area contributed by atoms with Gasteiger partial charge in [-0.2, -0.15) is 0 Å². The summed E-state index contributed by atoms with van der Waals surface area (Å²) in [5, 5.41) is -0.462. The zero-order valence-electron chi connectivity index (χ0n) is 18.0. The van der Waals surface area contributed by atoms with Gasteiger partial charge in [0.15, 0.2) is 11.5 Å². The van der Waals surface area contributed by atoms with Crippen molar-refractivity contribution in [3.05, 3.63) is 58.0 Å². The van der Waals surface area contributed by atoms with E-state index in [0.717, 1.165) is 28.6 Å². The van der Waals surface area contributed by atoms with Gasteiger partial charge in [-0.1, -0.05) is 24.3 Å². The summed E-state index contributed by atoms with van der Waals surface area (Å²) in [5.74, 6) is 0.903. The van der Waals surface area contributed by atoms with Crippen LogP contribution in [0.4, 0.5) is 4.79 Å². The Morgan fingerprint density at radius 1 is 1.15 bits per heavy atom. The molecule has 5 rings (SSSR count). The molecule has 170 valence electrons. The predicted molar refractivity (Wildman–Crippen MR) is 122 cm³/mol. The van der Waals surface area contributed by atoms with Crippen molar-refractivity contribution < 1.29 is 28.6 Å². The monoisotopic (exact) mass is 466 g/mol. The fraction of sp³-hybridized carbons (Fsp3) is 0.292. The zero-order valence-corrected chi connectivity index (χ0v) is 18.9. The highest BCUT2D eigenvalue weighted by Gasteiger charge is 2.37. The maximum absolute atomic E-state index is 13.0. The summed E-state index contributed by atoms with van der Waals surface area (Å²) in [6.45, 7) is 3.17. The van der Waals surface area contributed by atoms with Gasteiger partial charge in [-0.05, 0) is 48.4 Å². The molecule has 3 aliphatic rings. The lowest BCUT2D eigenvalue weighted by molar-refractivity contribution is -0.136. The molecule has 0 radical (unpaired) electrons. The number of nitrogens with zero attached hydrogens (tertiary/aromatic N) is 2. The highest BCUT2D eigenvalue weighted by molar-refractivity contribution is 8.18. The SMILES string of the molecule is CCOc1cc2c(cc1C=C1SC(=O)N(CC(=O)N3CCc4ccccc4C3)C1=O)OCO2. The maximum atomic E-state index is 13.0. The summed E-state index contributed by atoms with van der Waals surface area (Å²) in [5.41, 5.74) is 2.92. The van der Waals surface area contributed by atoms with E-state index >= 15 is 0 Å². The zero-order chi connectivity index (χ0) is 22.9. The summed E-state index contributed by atoms with van der Waals surface area (Å²) in [6.07, 6.45) is 2.35. The third-order valence-electron chi connectivity index (χ3n) is 5.74. The van der Waals surface area contributed by atoms with E-state index in [1.807, 2.05) is 25.1 Å².